The van der Waals surface area contributed by atoms with Crippen LogP contribution in [0.1, 0.15) is 10.4 Å². The molecule has 0 atom stereocenters. The molecule has 0 saturated carbocycles. The Morgan fingerprint density at radius 2 is 1.43 bits per heavy atom. The van der Waals surface area contributed by atoms with Crippen LogP contribution < -0.4 is 10.5 Å². The topological polar surface area (TPSA) is 59.8 Å². The van der Waals surface area contributed by atoms with Crippen LogP contribution in [-0.4, -0.2) is 13.1 Å². The first-order valence-corrected chi connectivity index (χ1v) is 8.74. The SMILES string of the molecule is COC(=O)c1cc2ccc(N(c3ccccc3)c3ccccc3)cc2oc1=O. The molecule has 1 heterocycles. The first kappa shape index (κ1) is 17.5. The van der Waals surface area contributed by atoms with E-state index in [1.54, 1.807) is 6.07 Å². The van der Waals surface area contributed by atoms with E-state index < -0.39 is 11.6 Å². The van der Waals surface area contributed by atoms with Gasteiger partial charge in [-0.3, -0.25) is 0 Å². The second-order valence-electron chi connectivity index (χ2n) is 6.17. The lowest BCUT2D eigenvalue weighted by Gasteiger charge is -2.25. The van der Waals surface area contributed by atoms with Crippen LogP contribution in [0.4, 0.5) is 17.1 Å². The summed E-state index contributed by atoms with van der Waals surface area (Å²) < 4.78 is 10.0. The summed E-state index contributed by atoms with van der Waals surface area (Å²) in [4.78, 5) is 26.0. The number of methoxy groups -OCH3 is 1. The van der Waals surface area contributed by atoms with Gasteiger partial charge in [0.2, 0.25) is 0 Å². The number of carbonyl (C=O) groups is 1. The van der Waals surface area contributed by atoms with Crippen molar-refractivity contribution in [2.24, 2.45) is 0 Å². The maximum atomic E-state index is 12.2. The number of carbonyl (C=O) groups excluding carboxylic acids is 1. The highest BCUT2D eigenvalue weighted by molar-refractivity contribution is 5.94. The molecule has 5 nitrogen and oxygen atoms in total. The van der Waals surface area contributed by atoms with E-state index in [1.807, 2.05) is 72.8 Å². The lowest BCUT2D eigenvalue weighted by atomic mass is 10.1. The molecule has 0 amide bonds. The summed E-state index contributed by atoms with van der Waals surface area (Å²) >= 11 is 0. The number of ether oxygens (including phenoxy) is 1. The molecule has 138 valence electrons. The third kappa shape index (κ3) is 3.25. The molecule has 4 rings (SSSR count). The first-order chi connectivity index (χ1) is 13.7. The standard InChI is InChI=1S/C23H17NO4/c1-27-22(25)20-14-16-12-13-19(15-21(16)28-23(20)26)24(17-8-4-2-5-9-17)18-10-6-3-7-11-18/h2-15H,1H3. The van der Waals surface area contributed by atoms with E-state index in [1.165, 1.54) is 13.2 Å². The Bertz CT molecular complexity index is 1140. The molecule has 0 unspecified atom stereocenters. The van der Waals surface area contributed by atoms with E-state index in [-0.39, 0.29) is 5.56 Å². The molecule has 0 N–H and O–H groups in total. The smallest absolute Gasteiger partial charge is 0.351 e. The van der Waals surface area contributed by atoms with E-state index in [0.717, 1.165) is 17.1 Å². The normalized spacial score (nSPS) is 10.6. The van der Waals surface area contributed by atoms with E-state index in [0.29, 0.717) is 11.0 Å². The minimum absolute atomic E-state index is 0.120. The van der Waals surface area contributed by atoms with Crippen LogP contribution in [0.2, 0.25) is 0 Å². The second kappa shape index (κ2) is 7.40. The Balaban J connectivity index is 1.87. The van der Waals surface area contributed by atoms with Gasteiger partial charge in [-0.25, -0.2) is 9.59 Å². The van der Waals surface area contributed by atoms with Crippen molar-refractivity contribution in [3.63, 3.8) is 0 Å². The summed E-state index contributed by atoms with van der Waals surface area (Å²) in [6, 6.07) is 26.8. The molecule has 0 radical (unpaired) electrons. The van der Waals surface area contributed by atoms with Crippen molar-refractivity contribution in [3.8, 4) is 0 Å². The minimum atomic E-state index is -0.720. The minimum Gasteiger partial charge on any atom is -0.465 e. The molecular weight excluding hydrogens is 354 g/mol. The van der Waals surface area contributed by atoms with Crippen LogP contribution in [-0.2, 0) is 4.74 Å². The van der Waals surface area contributed by atoms with Gasteiger partial charge in [-0.2, -0.15) is 0 Å². The van der Waals surface area contributed by atoms with Crippen molar-refractivity contribution in [3.05, 3.63) is 101 Å². The van der Waals surface area contributed by atoms with Gasteiger partial charge in [0.15, 0.2) is 0 Å². The van der Waals surface area contributed by atoms with Gasteiger partial charge < -0.3 is 14.1 Å². The second-order valence-corrected chi connectivity index (χ2v) is 6.17. The van der Waals surface area contributed by atoms with Gasteiger partial charge >= 0.3 is 11.6 Å². The van der Waals surface area contributed by atoms with E-state index in [2.05, 4.69) is 9.64 Å². The van der Waals surface area contributed by atoms with Crippen LogP contribution >= 0.6 is 0 Å². The Labute approximate surface area is 161 Å². The fraction of sp³-hybridized carbons (Fsp3) is 0.0435. The van der Waals surface area contributed by atoms with Crippen LogP contribution in [0.5, 0.6) is 0 Å². The van der Waals surface area contributed by atoms with Gasteiger partial charge in [-0.1, -0.05) is 36.4 Å². The molecule has 5 heteroatoms. The van der Waals surface area contributed by atoms with Crippen molar-refractivity contribution in [1.82, 2.24) is 0 Å². The van der Waals surface area contributed by atoms with Crippen LogP contribution in [0.15, 0.2) is 94.1 Å². The molecule has 0 bridgehead atoms. The number of anilines is 3. The first-order valence-electron chi connectivity index (χ1n) is 8.74. The van der Waals surface area contributed by atoms with Gasteiger partial charge in [-0.15, -0.1) is 0 Å². The zero-order chi connectivity index (χ0) is 19.5. The Hall–Kier alpha value is -3.86. The summed E-state index contributed by atoms with van der Waals surface area (Å²) in [5.41, 5.74) is 2.34. The lowest BCUT2D eigenvalue weighted by molar-refractivity contribution is 0.0596. The maximum absolute atomic E-state index is 12.2. The molecule has 1 aromatic heterocycles. The van der Waals surface area contributed by atoms with E-state index >= 15 is 0 Å². The van der Waals surface area contributed by atoms with Gasteiger partial charge in [0.25, 0.3) is 0 Å². The zero-order valence-corrected chi connectivity index (χ0v) is 15.2. The Kier molecular flexibility index (Phi) is 4.64. The molecule has 0 aliphatic carbocycles. The van der Waals surface area contributed by atoms with Crippen molar-refractivity contribution < 1.29 is 13.9 Å². The molecule has 0 aliphatic rings. The summed E-state index contributed by atoms with van der Waals surface area (Å²) in [5, 5.41) is 0.643. The van der Waals surface area contributed by atoms with E-state index in [9.17, 15) is 9.59 Å². The highest BCUT2D eigenvalue weighted by Gasteiger charge is 2.16. The summed E-state index contributed by atoms with van der Waals surface area (Å²) in [6.45, 7) is 0. The monoisotopic (exact) mass is 371 g/mol. The van der Waals surface area contributed by atoms with Crippen LogP contribution in [0.3, 0.4) is 0 Å². The van der Waals surface area contributed by atoms with Crippen molar-refractivity contribution in [2.75, 3.05) is 12.0 Å². The number of nitrogens with zero attached hydrogens (tertiary/aromatic N) is 1. The Morgan fingerprint density at radius 3 is 2.00 bits per heavy atom. The number of esters is 1. The highest BCUT2D eigenvalue weighted by atomic mass is 16.5. The quantitative estimate of drug-likeness (QED) is 0.371. The van der Waals surface area contributed by atoms with Gasteiger partial charge in [0.05, 0.1) is 7.11 Å². The number of para-hydroxylation sites is 2. The molecule has 4 aromatic rings. The van der Waals surface area contributed by atoms with E-state index in [4.69, 9.17) is 4.42 Å². The zero-order valence-electron chi connectivity index (χ0n) is 15.2. The van der Waals surface area contributed by atoms with Crippen molar-refractivity contribution in [2.45, 2.75) is 0 Å². The third-order valence-electron chi connectivity index (χ3n) is 4.41. The fourth-order valence-corrected chi connectivity index (χ4v) is 3.09. The molecule has 0 saturated heterocycles. The van der Waals surface area contributed by atoms with Crippen molar-refractivity contribution in [1.29, 1.82) is 0 Å². The highest BCUT2D eigenvalue weighted by Crippen LogP contribution is 2.35. The van der Waals surface area contributed by atoms with Gasteiger partial charge in [0.1, 0.15) is 11.1 Å². The number of rotatable bonds is 4. The lowest BCUT2D eigenvalue weighted by Crippen LogP contribution is -2.15. The largest absolute Gasteiger partial charge is 0.465 e. The maximum Gasteiger partial charge on any atom is 0.351 e. The Morgan fingerprint density at radius 1 is 0.821 bits per heavy atom. The number of fused-ring (bicyclic) bond motifs is 1. The van der Waals surface area contributed by atoms with Crippen LogP contribution in [0, 0.1) is 0 Å². The molecule has 0 fully saturated rings. The van der Waals surface area contributed by atoms with Crippen molar-refractivity contribution >= 4 is 34.0 Å². The number of hydrogen-bond donors (Lipinski definition) is 0. The average molecular weight is 371 g/mol. The molecule has 0 spiro atoms. The summed E-state index contributed by atoms with van der Waals surface area (Å²) in [7, 11) is 1.23. The van der Waals surface area contributed by atoms with Crippen LogP contribution in [0.25, 0.3) is 11.0 Å². The summed E-state index contributed by atoms with van der Waals surface area (Å²) in [5.74, 6) is -0.713. The van der Waals surface area contributed by atoms with Gasteiger partial charge in [0, 0.05) is 28.5 Å². The number of benzene rings is 3. The predicted octanol–water partition coefficient (Wildman–Crippen LogP) is 5.05. The fourth-order valence-electron chi connectivity index (χ4n) is 3.09. The summed E-state index contributed by atoms with van der Waals surface area (Å²) in [6.07, 6.45) is 0. The molecule has 28 heavy (non-hydrogen) atoms. The molecular formula is C23H17NO4. The molecule has 3 aromatic carbocycles. The third-order valence-corrected chi connectivity index (χ3v) is 4.41. The molecule has 0 aliphatic heterocycles. The number of hydrogen-bond acceptors (Lipinski definition) is 5. The average Bonchev–Trinajstić information content (AvgIpc) is 2.74. The predicted molar refractivity (Wildman–Crippen MR) is 109 cm³/mol. The van der Waals surface area contributed by atoms with Gasteiger partial charge in [-0.05, 0) is 42.5 Å².